The molecule has 4 rings (SSSR count). The second-order valence-corrected chi connectivity index (χ2v) is 8.87. The number of nitrogens with one attached hydrogen (secondary N) is 2. The molecular formula is C26H28N4O5. The first-order chi connectivity index (χ1) is 16.8. The zero-order valence-corrected chi connectivity index (χ0v) is 19.6. The molecule has 0 saturated heterocycles. The molecule has 1 aliphatic rings. The number of hydrogen-bond donors (Lipinski definition) is 3. The third kappa shape index (κ3) is 5.51. The Morgan fingerprint density at radius 1 is 1.06 bits per heavy atom. The summed E-state index contributed by atoms with van der Waals surface area (Å²) < 4.78 is 6.78. The normalized spacial score (nSPS) is 13.1. The zero-order valence-electron chi connectivity index (χ0n) is 19.6. The van der Waals surface area contributed by atoms with Gasteiger partial charge in [0, 0.05) is 18.7 Å². The average Bonchev–Trinajstić information content (AvgIpc) is 3.39. The molecule has 1 heterocycles. The van der Waals surface area contributed by atoms with Gasteiger partial charge in [-0.15, -0.1) is 0 Å². The fourth-order valence-corrected chi connectivity index (χ4v) is 4.36. The van der Waals surface area contributed by atoms with E-state index in [0.717, 1.165) is 22.3 Å². The van der Waals surface area contributed by atoms with E-state index in [9.17, 15) is 14.4 Å². The second kappa shape index (κ2) is 10.4. The summed E-state index contributed by atoms with van der Waals surface area (Å²) in [6.45, 7) is 3.77. The summed E-state index contributed by atoms with van der Waals surface area (Å²) in [5.74, 6) is -1.94. The molecule has 0 aliphatic heterocycles. The van der Waals surface area contributed by atoms with Gasteiger partial charge in [-0.25, -0.2) is 4.79 Å². The van der Waals surface area contributed by atoms with Crippen molar-refractivity contribution in [3.05, 3.63) is 72.1 Å². The van der Waals surface area contributed by atoms with Crippen molar-refractivity contribution in [1.29, 1.82) is 0 Å². The van der Waals surface area contributed by atoms with Crippen molar-refractivity contribution in [3.63, 3.8) is 0 Å². The fraction of sp³-hybridized carbons (Fsp3) is 0.308. The van der Waals surface area contributed by atoms with Gasteiger partial charge in [0.25, 0.3) is 0 Å². The van der Waals surface area contributed by atoms with E-state index in [1.165, 1.54) is 17.1 Å². The molecule has 3 N–H and O–H groups in total. The molecule has 1 aliphatic carbocycles. The van der Waals surface area contributed by atoms with Gasteiger partial charge in [0.2, 0.25) is 5.91 Å². The molecule has 3 aromatic rings. The average molecular weight is 477 g/mol. The predicted octanol–water partition coefficient (Wildman–Crippen LogP) is 3.72. The van der Waals surface area contributed by atoms with Crippen LogP contribution in [0.2, 0.25) is 0 Å². The van der Waals surface area contributed by atoms with Crippen LogP contribution < -0.4 is 10.6 Å². The van der Waals surface area contributed by atoms with Gasteiger partial charge in [-0.05, 0) is 28.2 Å². The number of alkyl carbamates (subject to hydrolysis) is 1. The Kier molecular flexibility index (Phi) is 7.14. The minimum absolute atomic E-state index is 0.0420. The van der Waals surface area contributed by atoms with Gasteiger partial charge in [0.1, 0.15) is 13.2 Å². The zero-order chi connectivity index (χ0) is 24.9. The van der Waals surface area contributed by atoms with E-state index in [-0.39, 0.29) is 37.4 Å². The number of rotatable bonds is 9. The molecule has 0 spiro atoms. The summed E-state index contributed by atoms with van der Waals surface area (Å²) >= 11 is 0. The van der Waals surface area contributed by atoms with Crippen molar-refractivity contribution in [1.82, 2.24) is 15.1 Å². The van der Waals surface area contributed by atoms with Gasteiger partial charge >= 0.3 is 12.1 Å². The first-order valence-electron chi connectivity index (χ1n) is 11.5. The van der Waals surface area contributed by atoms with Crippen LogP contribution in [-0.4, -0.2) is 46.0 Å². The summed E-state index contributed by atoms with van der Waals surface area (Å²) in [5, 5.41) is 18.2. The van der Waals surface area contributed by atoms with E-state index in [0.29, 0.717) is 5.69 Å². The number of amides is 2. The summed E-state index contributed by atoms with van der Waals surface area (Å²) in [6.07, 6.45) is 2.25. The van der Waals surface area contributed by atoms with Crippen LogP contribution in [0.4, 0.5) is 10.5 Å². The SMILES string of the molecule is CC(C)C(CNC(=O)OCC1c2ccccc2-c2ccccc21)C(=O)Nc1cnn(CC(=O)O)c1. The molecule has 0 bridgehead atoms. The van der Waals surface area contributed by atoms with Gasteiger partial charge in [-0.1, -0.05) is 62.4 Å². The van der Waals surface area contributed by atoms with Crippen LogP contribution in [0.1, 0.15) is 30.9 Å². The van der Waals surface area contributed by atoms with E-state index in [1.807, 2.05) is 38.1 Å². The van der Waals surface area contributed by atoms with Crippen LogP contribution in [0.3, 0.4) is 0 Å². The maximum absolute atomic E-state index is 12.8. The van der Waals surface area contributed by atoms with Gasteiger partial charge in [0.05, 0.1) is 17.8 Å². The molecule has 2 amide bonds. The van der Waals surface area contributed by atoms with E-state index >= 15 is 0 Å². The fourth-order valence-electron chi connectivity index (χ4n) is 4.36. The van der Waals surface area contributed by atoms with Crippen molar-refractivity contribution in [2.24, 2.45) is 11.8 Å². The highest BCUT2D eigenvalue weighted by atomic mass is 16.5. The third-order valence-electron chi connectivity index (χ3n) is 6.15. The Bertz CT molecular complexity index is 1190. The largest absolute Gasteiger partial charge is 0.480 e. The molecule has 0 saturated carbocycles. The van der Waals surface area contributed by atoms with E-state index in [4.69, 9.17) is 9.84 Å². The van der Waals surface area contributed by atoms with Crippen molar-refractivity contribution in [2.75, 3.05) is 18.5 Å². The molecule has 1 unspecified atom stereocenters. The number of carboxylic acids is 1. The van der Waals surface area contributed by atoms with E-state index < -0.39 is 18.0 Å². The number of aliphatic carboxylic acids is 1. The van der Waals surface area contributed by atoms with Crippen LogP contribution in [0.5, 0.6) is 0 Å². The molecule has 35 heavy (non-hydrogen) atoms. The first-order valence-corrected chi connectivity index (χ1v) is 11.5. The van der Waals surface area contributed by atoms with Crippen LogP contribution >= 0.6 is 0 Å². The smallest absolute Gasteiger partial charge is 0.407 e. The Morgan fingerprint density at radius 2 is 1.69 bits per heavy atom. The Hall–Kier alpha value is -4.14. The van der Waals surface area contributed by atoms with Gasteiger partial charge in [-0.3, -0.25) is 14.3 Å². The number of carbonyl (C=O) groups is 3. The summed E-state index contributed by atoms with van der Waals surface area (Å²) in [6, 6.07) is 16.2. The number of fused-ring (bicyclic) bond motifs is 3. The number of aromatic nitrogens is 2. The van der Waals surface area contributed by atoms with Gasteiger partial charge < -0.3 is 20.5 Å². The molecule has 0 radical (unpaired) electrons. The van der Waals surface area contributed by atoms with Crippen molar-refractivity contribution in [2.45, 2.75) is 26.3 Å². The summed E-state index contributed by atoms with van der Waals surface area (Å²) in [4.78, 5) is 36.1. The minimum atomic E-state index is -1.03. The quantitative estimate of drug-likeness (QED) is 0.433. The van der Waals surface area contributed by atoms with Crippen LogP contribution in [0.15, 0.2) is 60.9 Å². The number of anilines is 1. The highest BCUT2D eigenvalue weighted by molar-refractivity contribution is 5.93. The standard InChI is InChI=1S/C26H28N4O5/c1-16(2)22(25(33)29-17-11-28-30(13-17)14-24(31)32)12-27-26(34)35-15-23-20-9-5-3-7-18(20)19-8-4-6-10-21(19)23/h3-11,13,16,22-23H,12,14-15H2,1-2H3,(H,27,34)(H,29,33)(H,31,32). The first kappa shape index (κ1) is 24.0. The molecule has 1 aromatic heterocycles. The van der Waals surface area contributed by atoms with Crippen molar-refractivity contribution in [3.8, 4) is 11.1 Å². The van der Waals surface area contributed by atoms with E-state index in [1.54, 1.807) is 0 Å². The maximum Gasteiger partial charge on any atom is 0.407 e. The van der Waals surface area contributed by atoms with Gasteiger partial charge in [-0.2, -0.15) is 5.10 Å². The number of ether oxygens (including phenoxy) is 1. The molecule has 2 aromatic carbocycles. The highest BCUT2D eigenvalue weighted by Gasteiger charge is 2.29. The number of benzene rings is 2. The Morgan fingerprint density at radius 3 is 2.29 bits per heavy atom. The molecule has 9 nitrogen and oxygen atoms in total. The number of nitrogens with zero attached hydrogens (tertiary/aromatic N) is 2. The van der Waals surface area contributed by atoms with E-state index in [2.05, 4.69) is 40.0 Å². The molecule has 9 heteroatoms. The monoisotopic (exact) mass is 476 g/mol. The predicted molar refractivity (Wildman–Crippen MR) is 130 cm³/mol. The number of hydrogen-bond acceptors (Lipinski definition) is 5. The van der Waals surface area contributed by atoms with Crippen LogP contribution in [-0.2, 0) is 20.9 Å². The van der Waals surface area contributed by atoms with Crippen LogP contribution in [0, 0.1) is 11.8 Å². The Labute approximate surface area is 203 Å². The molecule has 182 valence electrons. The van der Waals surface area contributed by atoms with Crippen LogP contribution in [0.25, 0.3) is 11.1 Å². The molecular weight excluding hydrogens is 448 g/mol. The molecule has 1 atom stereocenters. The second-order valence-electron chi connectivity index (χ2n) is 8.87. The van der Waals surface area contributed by atoms with Gasteiger partial charge in [0.15, 0.2) is 0 Å². The summed E-state index contributed by atoms with van der Waals surface area (Å²) in [7, 11) is 0. The van der Waals surface area contributed by atoms with Crippen molar-refractivity contribution >= 4 is 23.7 Å². The minimum Gasteiger partial charge on any atom is -0.480 e. The number of carboxylic acid groups (broad SMARTS) is 1. The highest BCUT2D eigenvalue weighted by Crippen LogP contribution is 2.44. The lowest BCUT2D eigenvalue weighted by molar-refractivity contribution is -0.137. The van der Waals surface area contributed by atoms with Crippen molar-refractivity contribution < 1.29 is 24.2 Å². The Balaban J connectivity index is 1.33. The lowest BCUT2D eigenvalue weighted by Crippen LogP contribution is -2.38. The maximum atomic E-state index is 12.8. The number of carbonyl (C=O) groups excluding carboxylic acids is 2. The molecule has 0 fully saturated rings. The lowest BCUT2D eigenvalue weighted by Gasteiger charge is -2.21. The topological polar surface area (TPSA) is 123 Å². The summed E-state index contributed by atoms with van der Waals surface area (Å²) in [5.41, 5.74) is 4.96. The third-order valence-corrected chi connectivity index (χ3v) is 6.15. The lowest BCUT2D eigenvalue weighted by atomic mass is 9.95.